The van der Waals surface area contributed by atoms with Crippen molar-refractivity contribution in [3.8, 4) is 0 Å². The Kier molecular flexibility index (Phi) is 6.92. The Hall–Kier alpha value is 0.170. The Bertz CT molecular complexity index is 296. The molecule has 0 aromatic rings. The predicted molar refractivity (Wildman–Crippen MR) is 87.8 cm³/mol. The second-order valence-corrected chi connectivity index (χ2v) is 8.23. The third kappa shape index (κ3) is 4.32. The maximum atomic E-state index is 9.15. The van der Waals surface area contributed by atoms with E-state index in [-0.39, 0.29) is 0 Å². The number of nitrogens with zero attached hydrogens (tertiary/aromatic N) is 1. The van der Waals surface area contributed by atoms with Crippen LogP contribution >= 0.6 is 23.5 Å². The lowest BCUT2D eigenvalue weighted by Gasteiger charge is -2.22. The van der Waals surface area contributed by atoms with Crippen LogP contribution in [0.5, 0.6) is 0 Å². The number of unbranched alkanes of at least 4 members (excludes halogenated alkanes) is 3. The molecule has 3 atom stereocenters. The van der Waals surface area contributed by atoms with E-state index >= 15 is 0 Å². The molecule has 0 aromatic heterocycles. The average Bonchev–Trinajstić information content (AvgIpc) is 3.02. The van der Waals surface area contributed by atoms with Crippen molar-refractivity contribution in [2.45, 2.75) is 57.1 Å². The summed E-state index contributed by atoms with van der Waals surface area (Å²) in [6.07, 6.45) is 9.37. The zero-order chi connectivity index (χ0) is 13.5. The summed E-state index contributed by atoms with van der Waals surface area (Å²) >= 11 is 4.13. The molecule has 0 aliphatic heterocycles. The van der Waals surface area contributed by atoms with E-state index in [1.165, 1.54) is 62.2 Å². The third-order valence-corrected chi connectivity index (χ3v) is 7.15. The first-order valence-electron chi connectivity index (χ1n) is 7.78. The molecule has 0 heterocycles. The van der Waals surface area contributed by atoms with Crippen LogP contribution in [0.3, 0.4) is 0 Å². The van der Waals surface area contributed by atoms with Gasteiger partial charge >= 0.3 is 0 Å². The summed E-state index contributed by atoms with van der Waals surface area (Å²) in [5.74, 6) is 5.19. The highest BCUT2D eigenvalue weighted by atomic mass is 32.2. The quantitative estimate of drug-likeness (QED) is 0.382. The predicted octanol–water partition coefficient (Wildman–Crippen LogP) is 4.66. The molecule has 110 valence electrons. The molecule has 0 saturated heterocycles. The van der Waals surface area contributed by atoms with Gasteiger partial charge in [-0.05, 0) is 37.4 Å². The van der Waals surface area contributed by atoms with Crippen molar-refractivity contribution in [2.75, 3.05) is 17.3 Å². The van der Waals surface area contributed by atoms with Crippen molar-refractivity contribution in [3.63, 3.8) is 0 Å². The molecule has 2 aliphatic rings. The topological polar surface area (TPSA) is 32.6 Å². The molecule has 2 fully saturated rings. The fourth-order valence-electron chi connectivity index (χ4n) is 3.36. The van der Waals surface area contributed by atoms with Gasteiger partial charge in [0.05, 0.1) is 5.71 Å². The van der Waals surface area contributed by atoms with Crippen LogP contribution in [0, 0.1) is 11.8 Å². The summed E-state index contributed by atoms with van der Waals surface area (Å²) < 4.78 is 0. The van der Waals surface area contributed by atoms with E-state index in [0.29, 0.717) is 11.2 Å². The van der Waals surface area contributed by atoms with Crippen molar-refractivity contribution in [1.82, 2.24) is 0 Å². The van der Waals surface area contributed by atoms with Crippen molar-refractivity contribution in [3.05, 3.63) is 0 Å². The summed E-state index contributed by atoms with van der Waals surface area (Å²) in [4.78, 5) is 0. The molecule has 0 radical (unpaired) electrons. The Morgan fingerprint density at radius 1 is 1.16 bits per heavy atom. The van der Waals surface area contributed by atoms with Crippen LogP contribution in [0.1, 0.15) is 51.9 Å². The van der Waals surface area contributed by atoms with E-state index in [0.717, 1.165) is 11.6 Å². The van der Waals surface area contributed by atoms with Crippen LogP contribution < -0.4 is 0 Å². The van der Waals surface area contributed by atoms with Gasteiger partial charge in [0.25, 0.3) is 0 Å². The van der Waals surface area contributed by atoms with E-state index in [2.05, 4.69) is 23.8 Å². The average molecular weight is 302 g/mol. The highest BCUT2D eigenvalue weighted by Crippen LogP contribution is 2.47. The summed E-state index contributed by atoms with van der Waals surface area (Å²) in [5, 5.41) is 13.3. The minimum Gasteiger partial charge on any atom is -0.411 e. The van der Waals surface area contributed by atoms with E-state index in [1.54, 1.807) is 0 Å². The maximum Gasteiger partial charge on any atom is 0.0734 e. The van der Waals surface area contributed by atoms with Crippen LogP contribution in [0.25, 0.3) is 0 Å². The van der Waals surface area contributed by atoms with Gasteiger partial charge in [-0.2, -0.15) is 23.5 Å². The lowest BCUT2D eigenvalue weighted by Crippen LogP contribution is -2.25. The largest absolute Gasteiger partial charge is 0.411 e. The fraction of sp³-hybridized carbons (Fsp3) is 0.933. The number of rotatable bonds is 9. The number of hydrogen-bond donors (Lipinski definition) is 1. The molecule has 4 heteroatoms. The molecular formula is C15H27NOS2. The van der Waals surface area contributed by atoms with E-state index in [9.17, 15) is 0 Å². The standard InChI is InChI=1S/C15H27NOS2/c1-2-3-4-5-8-18-9-10-19-15-13-7-6-12(11-13)14(15)16-17/h12-13,15,17H,2-11H2,1H3/b16-14-/t12-,13-,15-/m0/s1. The Balaban J connectivity index is 1.54. The van der Waals surface area contributed by atoms with Crippen LogP contribution in [-0.4, -0.2) is 33.4 Å². The first-order chi connectivity index (χ1) is 9.36. The number of hydrogen-bond acceptors (Lipinski definition) is 4. The molecule has 0 spiro atoms. The van der Waals surface area contributed by atoms with Crippen molar-refractivity contribution >= 4 is 29.2 Å². The van der Waals surface area contributed by atoms with Crippen LogP contribution in [0.4, 0.5) is 0 Å². The molecule has 2 bridgehead atoms. The zero-order valence-corrected chi connectivity index (χ0v) is 13.6. The lowest BCUT2D eigenvalue weighted by molar-refractivity contribution is 0.314. The molecule has 19 heavy (non-hydrogen) atoms. The SMILES string of the molecule is CCCCCCSCCS[C@@H]1/C(=N\O)[C@H]2CC[C@H]1C2. The highest BCUT2D eigenvalue weighted by Gasteiger charge is 2.45. The molecule has 2 aliphatic carbocycles. The van der Waals surface area contributed by atoms with Gasteiger partial charge < -0.3 is 5.21 Å². The Labute approximate surface area is 126 Å². The van der Waals surface area contributed by atoms with Gasteiger partial charge in [-0.25, -0.2) is 0 Å². The van der Waals surface area contributed by atoms with Crippen LogP contribution in [-0.2, 0) is 0 Å². The monoisotopic (exact) mass is 301 g/mol. The van der Waals surface area contributed by atoms with E-state index in [1.807, 2.05) is 11.8 Å². The van der Waals surface area contributed by atoms with Gasteiger partial charge in [0.15, 0.2) is 0 Å². The van der Waals surface area contributed by atoms with Gasteiger partial charge in [0.2, 0.25) is 0 Å². The maximum absolute atomic E-state index is 9.15. The molecule has 0 unspecified atom stereocenters. The van der Waals surface area contributed by atoms with Gasteiger partial charge in [0.1, 0.15) is 0 Å². The number of oxime groups is 1. The molecule has 0 aromatic carbocycles. The first-order valence-corrected chi connectivity index (χ1v) is 9.98. The third-order valence-electron chi connectivity index (χ3n) is 4.39. The van der Waals surface area contributed by atoms with Gasteiger partial charge in [-0.15, -0.1) is 0 Å². The van der Waals surface area contributed by atoms with E-state index < -0.39 is 0 Å². The van der Waals surface area contributed by atoms with Gasteiger partial charge in [-0.1, -0.05) is 31.3 Å². The lowest BCUT2D eigenvalue weighted by atomic mass is 9.98. The summed E-state index contributed by atoms with van der Waals surface area (Å²) in [5.41, 5.74) is 1.11. The number of fused-ring (bicyclic) bond motifs is 2. The van der Waals surface area contributed by atoms with Crippen LogP contribution in [0.2, 0.25) is 0 Å². The first kappa shape index (κ1) is 15.6. The van der Waals surface area contributed by atoms with Crippen LogP contribution in [0.15, 0.2) is 5.16 Å². The van der Waals surface area contributed by atoms with E-state index in [4.69, 9.17) is 5.21 Å². The molecular weight excluding hydrogens is 274 g/mol. The van der Waals surface area contributed by atoms with Gasteiger partial charge in [0, 0.05) is 22.7 Å². The molecule has 2 saturated carbocycles. The second-order valence-electron chi connectivity index (χ2n) is 5.76. The molecule has 2 nitrogen and oxygen atoms in total. The van der Waals surface area contributed by atoms with Crippen molar-refractivity contribution < 1.29 is 5.21 Å². The van der Waals surface area contributed by atoms with Crippen molar-refractivity contribution in [2.24, 2.45) is 17.0 Å². The molecule has 1 N–H and O–H groups in total. The smallest absolute Gasteiger partial charge is 0.0734 e. The zero-order valence-electron chi connectivity index (χ0n) is 12.0. The minimum absolute atomic E-state index is 0.532. The second kappa shape index (κ2) is 8.46. The van der Waals surface area contributed by atoms with Crippen molar-refractivity contribution in [1.29, 1.82) is 0 Å². The summed E-state index contributed by atoms with van der Waals surface area (Å²) in [6, 6.07) is 0. The Morgan fingerprint density at radius 2 is 2.05 bits per heavy atom. The highest BCUT2D eigenvalue weighted by molar-refractivity contribution is 8.03. The molecule has 0 amide bonds. The normalized spacial score (nSPS) is 31.4. The number of thioether (sulfide) groups is 2. The Morgan fingerprint density at radius 3 is 2.84 bits per heavy atom. The minimum atomic E-state index is 0.532. The summed E-state index contributed by atoms with van der Waals surface area (Å²) in [6.45, 7) is 2.26. The molecule has 2 rings (SSSR count). The van der Waals surface area contributed by atoms with Gasteiger partial charge in [-0.3, -0.25) is 0 Å². The summed E-state index contributed by atoms with van der Waals surface area (Å²) in [7, 11) is 0. The fourth-order valence-corrected chi connectivity index (χ4v) is 6.01.